The number of ether oxygens (including phenoxy) is 1. The summed E-state index contributed by atoms with van der Waals surface area (Å²) in [5.74, 6) is 0.774. The normalized spacial score (nSPS) is 19.8. The number of aliphatic hydroxyl groups is 1. The van der Waals surface area contributed by atoms with E-state index in [4.69, 9.17) is 15.5 Å². The number of fused-ring (bicyclic) bond motifs is 1. The first-order valence-corrected chi connectivity index (χ1v) is 10.7. The number of aryl methyl sites for hydroxylation is 1. The van der Waals surface area contributed by atoms with Gasteiger partial charge in [-0.05, 0) is 42.8 Å². The number of anilines is 2. The van der Waals surface area contributed by atoms with Gasteiger partial charge in [0.15, 0.2) is 0 Å². The zero-order valence-electron chi connectivity index (χ0n) is 18.3. The molecule has 0 aliphatic carbocycles. The number of halogens is 1. The summed E-state index contributed by atoms with van der Waals surface area (Å²) in [5, 5.41) is 10.0. The Morgan fingerprint density at radius 3 is 2.73 bits per heavy atom. The predicted molar refractivity (Wildman–Crippen MR) is 122 cm³/mol. The average molecular weight is 449 g/mol. The zero-order valence-corrected chi connectivity index (χ0v) is 18.3. The third kappa shape index (κ3) is 3.59. The highest BCUT2D eigenvalue weighted by Crippen LogP contribution is 2.38. The lowest BCUT2D eigenvalue weighted by molar-refractivity contribution is 0.0996. The number of carbonyl (C=O) groups is 1. The van der Waals surface area contributed by atoms with Crippen LogP contribution in [0.15, 0.2) is 42.6 Å². The predicted octanol–water partition coefficient (Wildman–Crippen LogP) is 2.27. The van der Waals surface area contributed by atoms with Crippen LogP contribution in [0.4, 0.5) is 16.0 Å². The number of β-amino-alcohol motifs (C(OH)–C–C–N with tert-alkyl or cyclic N) is 1. The third-order valence-corrected chi connectivity index (χ3v) is 6.16. The standard InChI is InChI=1S/C24H24FN5O3/c1-13-8-20(29-11-17(26)18(31)12-29)28-21(9-13)30-10-15-14(24(30)32)6-7-27-23(15)22-16(25)4-3-5-19(22)33-2/h3-9,17-18,31H,10-12,26H2,1-2H3. The molecule has 0 bridgehead atoms. The van der Waals surface area contributed by atoms with E-state index < -0.39 is 11.9 Å². The number of rotatable bonds is 4. The molecule has 8 nitrogen and oxygen atoms in total. The maximum atomic E-state index is 14.8. The van der Waals surface area contributed by atoms with E-state index >= 15 is 0 Å². The number of benzene rings is 1. The highest BCUT2D eigenvalue weighted by molar-refractivity contribution is 6.10. The molecule has 0 saturated carbocycles. The summed E-state index contributed by atoms with van der Waals surface area (Å²) in [7, 11) is 1.47. The van der Waals surface area contributed by atoms with Crippen LogP contribution in [0.3, 0.4) is 0 Å². The van der Waals surface area contributed by atoms with Gasteiger partial charge in [-0.1, -0.05) is 6.07 Å². The van der Waals surface area contributed by atoms with Gasteiger partial charge in [0.25, 0.3) is 5.91 Å². The van der Waals surface area contributed by atoms with Crippen LogP contribution in [0.1, 0.15) is 21.5 Å². The highest BCUT2D eigenvalue weighted by Gasteiger charge is 2.35. The van der Waals surface area contributed by atoms with Gasteiger partial charge in [0.05, 0.1) is 31.0 Å². The number of aromatic nitrogens is 2. The Morgan fingerprint density at radius 2 is 2.00 bits per heavy atom. The average Bonchev–Trinajstić information content (AvgIpc) is 3.32. The van der Waals surface area contributed by atoms with Crippen LogP contribution in [-0.2, 0) is 6.54 Å². The fourth-order valence-electron chi connectivity index (χ4n) is 4.46. The lowest BCUT2D eigenvalue weighted by atomic mass is 10.0. The number of aliphatic hydroxyl groups excluding tert-OH is 1. The molecule has 1 fully saturated rings. The Hall–Kier alpha value is -3.56. The van der Waals surface area contributed by atoms with E-state index in [2.05, 4.69) is 4.98 Å². The van der Waals surface area contributed by atoms with Crippen molar-refractivity contribution in [2.75, 3.05) is 30.0 Å². The SMILES string of the molecule is COc1cccc(F)c1-c1nccc2c1CN(c1cc(C)cc(N3CC(N)C(O)C3)n1)C2=O. The van der Waals surface area contributed by atoms with Gasteiger partial charge in [0.1, 0.15) is 23.2 Å². The lowest BCUT2D eigenvalue weighted by Gasteiger charge is -2.21. The summed E-state index contributed by atoms with van der Waals surface area (Å²) in [6.45, 7) is 2.98. The zero-order chi connectivity index (χ0) is 23.3. The van der Waals surface area contributed by atoms with Gasteiger partial charge in [-0.3, -0.25) is 14.7 Å². The minimum absolute atomic E-state index is 0.201. The highest BCUT2D eigenvalue weighted by atomic mass is 19.1. The van der Waals surface area contributed by atoms with E-state index in [1.54, 1.807) is 23.1 Å². The number of hydrogen-bond acceptors (Lipinski definition) is 7. The number of pyridine rings is 2. The first-order valence-electron chi connectivity index (χ1n) is 10.7. The maximum Gasteiger partial charge on any atom is 0.260 e. The quantitative estimate of drug-likeness (QED) is 0.630. The van der Waals surface area contributed by atoms with Crippen molar-refractivity contribution in [3.63, 3.8) is 0 Å². The van der Waals surface area contributed by atoms with Crippen LogP contribution in [0, 0.1) is 12.7 Å². The van der Waals surface area contributed by atoms with E-state index in [9.17, 15) is 14.3 Å². The van der Waals surface area contributed by atoms with E-state index in [1.807, 2.05) is 24.0 Å². The topological polar surface area (TPSA) is 105 Å². The molecule has 3 N–H and O–H groups in total. The Morgan fingerprint density at radius 1 is 1.21 bits per heavy atom. The maximum absolute atomic E-state index is 14.8. The summed E-state index contributed by atoms with van der Waals surface area (Å²) in [6, 6.07) is 9.60. The molecule has 9 heteroatoms. The molecule has 2 aliphatic heterocycles. The van der Waals surface area contributed by atoms with E-state index in [1.165, 1.54) is 19.4 Å². The molecular weight excluding hydrogens is 425 g/mol. The first-order chi connectivity index (χ1) is 15.9. The fraction of sp³-hybridized carbons (Fsp3) is 0.292. The van der Waals surface area contributed by atoms with Crippen LogP contribution in [-0.4, -0.2) is 53.3 Å². The Balaban J connectivity index is 1.54. The van der Waals surface area contributed by atoms with Crippen LogP contribution in [0.25, 0.3) is 11.3 Å². The van der Waals surface area contributed by atoms with Crippen molar-refractivity contribution < 1.29 is 19.0 Å². The van der Waals surface area contributed by atoms with Crippen molar-refractivity contribution in [2.24, 2.45) is 5.73 Å². The monoisotopic (exact) mass is 449 g/mol. The molecule has 1 amide bonds. The first kappa shape index (κ1) is 21.3. The largest absolute Gasteiger partial charge is 0.496 e. The molecule has 0 spiro atoms. The third-order valence-electron chi connectivity index (χ3n) is 6.16. The van der Waals surface area contributed by atoms with Crippen molar-refractivity contribution in [3.05, 3.63) is 65.1 Å². The van der Waals surface area contributed by atoms with Crippen LogP contribution in [0.5, 0.6) is 5.75 Å². The molecule has 2 aromatic heterocycles. The Bertz CT molecular complexity index is 1240. The fourth-order valence-corrected chi connectivity index (χ4v) is 4.46. The van der Waals surface area contributed by atoms with E-state index in [0.29, 0.717) is 47.3 Å². The number of methoxy groups -OCH3 is 1. The van der Waals surface area contributed by atoms with Gasteiger partial charge in [-0.2, -0.15) is 0 Å². The second kappa shape index (κ2) is 8.09. The molecule has 2 unspecified atom stereocenters. The van der Waals surface area contributed by atoms with Gasteiger partial charge in [0.2, 0.25) is 0 Å². The number of amides is 1. The lowest BCUT2D eigenvalue weighted by Crippen LogP contribution is -2.32. The second-order valence-corrected chi connectivity index (χ2v) is 8.39. The number of hydrogen-bond donors (Lipinski definition) is 2. The Kier molecular flexibility index (Phi) is 5.22. The minimum Gasteiger partial charge on any atom is -0.496 e. The summed E-state index contributed by atoms with van der Waals surface area (Å²) in [5.41, 5.74) is 8.55. The Labute approximate surface area is 190 Å². The van der Waals surface area contributed by atoms with Gasteiger partial charge >= 0.3 is 0 Å². The van der Waals surface area contributed by atoms with Gasteiger partial charge in [-0.25, -0.2) is 9.37 Å². The molecule has 0 radical (unpaired) electrons. The molecule has 1 aromatic carbocycles. The van der Waals surface area contributed by atoms with Crippen molar-refractivity contribution in [2.45, 2.75) is 25.6 Å². The van der Waals surface area contributed by atoms with Gasteiger partial charge in [0, 0.05) is 36.5 Å². The molecule has 2 atom stereocenters. The van der Waals surface area contributed by atoms with E-state index in [0.717, 1.165) is 5.56 Å². The smallest absolute Gasteiger partial charge is 0.260 e. The van der Waals surface area contributed by atoms with Crippen molar-refractivity contribution in [1.82, 2.24) is 9.97 Å². The number of nitrogens with zero attached hydrogens (tertiary/aromatic N) is 4. The summed E-state index contributed by atoms with van der Waals surface area (Å²) in [4.78, 5) is 25.9. The molecule has 1 saturated heterocycles. The molecule has 170 valence electrons. The van der Waals surface area contributed by atoms with Crippen LogP contribution < -0.4 is 20.3 Å². The molecule has 3 aromatic rings. The molecular formula is C24H24FN5O3. The van der Waals surface area contributed by atoms with Crippen LogP contribution >= 0.6 is 0 Å². The summed E-state index contributed by atoms with van der Waals surface area (Å²) in [6.07, 6.45) is 0.877. The summed E-state index contributed by atoms with van der Waals surface area (Å²) >= 11 is 0. The second-order valence-electron chi connectivity index (χ2n) is 8.39. The van der Waals surface area contributed by atoms with Crippen molar-refractivity contribution in [3.8, 4) is 17.0 Å². The molecule has 2 aliphatic rings. The number of nitrogens with two attached hydrogens (primary N) is 1. The van der Waals surface area contributed by atoms with Crippen LogP contribution in [0.2, 0.25) is 0 Å². The number of carbonyl (C=O) groups excluding carboxylic acids is 1. The van der Waals surface area contributed by atoms with E-state index in [-0.39, 0.29) is 24.1 Å². The molecule has 33 heavy (non-hydrogen) atoms. The van der Waals surface area contributed by atoms with Crippen molar-refractivity contribution in [1.29, 1.82) is 0 Å². The van der Waals surface area contributed by atoms with Gasteiger partial charge in [-0.15, -0.1) is 0 Å². The summed E-state index contributed by atoms with van der Waals surface area (Å²) < 4.78 is 20.1. The van der Waals surface area contributed by atoms with Crippen molar-refractivity contribution >= 4 is 17.5 Å². The molecule has 4 heterocycles. The molecule has 5 rings (SSSR count). The van der Waals surface area contributed by atoms with Gasteiger partial charge < -0.3 is 20.5 Å². The minimum atomic E-state index is -0.627.